The molecule has 94 valence electrons. The summed E-state index contributed by atoms with van der Waals surface area (Å²) >= 11 is 0. The van der Waals surface area contributed by atoms with Gasteiger partial charge in [-0.2, -0.15) is 0 Å². The fraction of sp³-hybridized carbons (Fsp3) is 0.250. The van der Waals surface area contributed by atoms with Crippen LogP contribution in [0.5, 0.6) is 0 Å². The quantitative estimate of drug-likeness (QED) is 0.843. The molecule has 0 aliphatic rings. The number of aliphatic hydroxyl groups is 1. The minimum atomic E-state index is -0.347. The van der Waals surface area contributed by atoms with Crippen molar-refractivity contribution in [2.24, 2.45) is 0 Å². The van der Waals surface area contributed by atoms with E-state index >= 15 is 0 Å². The van der Waals surface area contributed by atoms with Crippen LogP contribution in [0.3, 0.4) is 0 Å². The standard InChI is InChI=1S/C16H19NO/c1-13(18)12-17-16(14-8-4-2-5-9-14)15-10-6-3-7-11-15/h2-11,13,16-18H,12H2,1H3. The van der Waals surface area contributed by atoms with Crippen LogP contribution in [0.1, 0.15) is 24.1 Å². The van der Waals surface area contributed by atoms with Crippen LogP contribution in [0.2, 0.25) is 0 Å². The van der Waals surface area contributed by atoms with Crippen LogP contribution < -0.4 is 5.32 Å². The molecule has 2 aromatic carbocycles. The molecule has 0 aliphatic heterocycles. The molecular formula is C16H19NO. The highest BCUT2D eigenvalue weighted by Crippen LogP contribution is 2.21. The summed E-state index contributed by atoms with van der Waals surface area (Å²) in [7, 11) is 0. The summed E-state index contributed by atoms with van der Waals surface area (Å²) in [6.07, 6.45) is -0.347. The fourth-order valence-electron chi connectivity index (χ4n) is 2.01. The Bertz CT molecular complexity index is 414. The third-order valence-corrected chi connectivity index (χ3v) is 2.88. The number of nitrogens with one attached hydrogen (secondary N) is 1. The molecule has 1 atom stereocenters. The molecule has 2 heteroatoms. The molecule has 2 N–H and O–H groups in total. The smallest absolute Gasteiger partial charge is 0.0636 e. The van der Waals surface area contributed by atoms with Crippen LogP contribution >= 0.6 is 0 Å². The summed E-state index contributed by atoms with van der Waals surface area (Å²) in [5.74, 6) is 0. The van der Waals surface area contributed by atoms with Gasteiger partial charge in [-0.1, -0.05) is 60.7 Å². The number of aliphatic hydroxyl groups excluding tert-OH is 1. The molecule has 2 aromatic rings. The Morgan fingerprint density at radius 1 is 0.889 bits per heavy atom. The monoisotopic (exact) mass is 241 g/mol. The van der Waals surface area contributed by atoms with E-state index in [1.165, 1.54) is 11.1 Å². The molecule has 0 fully saturated rings. The zero-order valence-electron chi connectivity index (χ0n) is 10.6. The lowest BCUT2D eigenvalue weighted by Crippen LogP contribution is -2.29. The van der Waals surface area contributed by atoms with Gasteiger partial charge >= 0.3 is 0 Å². The second kappa shape index (κ2) is 6.34. The maximum Gasteiger partial charge on any atom is 0.0636 e. The van der Waals surface area contributed by atoms with Gasteiger partial charge in [-0.05, 0) is 18.1 Å². The second-order valence-electron chi connectivity index (χ2n) is 4.51. The van der Waals surface area contributed by atoms with Gasteiger partial charge in [-0.3, -0.25) is 0 Å². The molecule has 0 saturated heterocycles. The van der Waals surface area contributed by atoms with Gasteiger partial charge in [0.1, 0.15) is 0 Å². The van der Waals surface area contributed by atoms with Crippen molar-refractivity contribution in [1.82, 2.24) is 5.32 Å². The van der Waals surface area contributed by atoms with Crippen LogP contribution in [0.25, 0.3) is 0 Å². The normalized spacial score (nSPS) is 12.6. The van der Waals surface area contributed by atoms with Crippen LogP contribution in [0.4, 0.5) is 0 Å². The lowest BCUT2D eigenvalue weighted by molar-refractivity contribution is 0.188. The van der Waals surface area contributed by atoms with Gasteiger partial charge in [0.2, 0.25) is 0 Å². The average molecular weight is 241 g/mol. The van der Waals surface area contributed by atoms with Gasteiger partial charge in [0.15, 0.2) is 0 Å². The molecule has 0 spiro atoms. The Hall–Kier alpha value is -1.64. The molecule has 0 heterocycles. The number of hydrogen-bond acceptors (Lipinski definition) is 2. The third kappa shape index (κ3) is 3.42. The Morgan fingerprint density at radius 2 is 1.33 bits per heavy atom. The van der Waals surface area contributed by atoms with Crippen LogP contribution in [0.15, 0.2) is 60.7 Å². The number of hydrogen-bond donors (Lipinski definition) is 2. The topological polar surface area (TPSA) is 32.3 Å². The Morgan fingerprint density at radius 3 is 1.72 bits per heavy atom. The first-order valence-electron chi connectivity index (χ1n) is 6.28. The van der Waals surface area contributed by atoms with Crippen LogP contribution in [-0.4, -0.2) is 17.8 Å². The predicted octanol–water partition coefficient (Wildman–Crippen LogP) is 2.75. The maximum absolute atomic E-state index is 9.43. The zero-order valence-corrected chi connectivity index (χ0v) is 10.6. The summed E-state index contributed by atoms with van der Waals surface area (Å²) in [6, 6.07) is 20.7. The lowest BCUT2D eigenvalue weighted by atomic mass is 9.98. The number of rotatable bonds is 5. The van der Waals surface area contributed by atoms with Crippen molar-refractivity contribution in [3.63, 3.8) is 0 Å². The van der Waals surface area contributed by atoms with Crippen molar-refractivity contribution in [2.45, 2.75) is 19.1 Å². The van der Waals surface area contributed by atoms with Gasteiger partial charge in [0.05, 0.1) is 12.1 Å². The van der Waals surface area contributed by atoms with Gasteiger partial charge in [-0.25, -0.2) is 0 Å². The summed E-state index contributed by atoms with van der Waals surface area (Å²) in [5.41, 5.74) is 2.42. The summed E-state index contributed by atoms with van der Waals surface area (Å²) in [5, 5.41) is 12.8. The van der Waals surface area contributed by atoms with Gasteiger partial charge in [-0.15, -0.1) is 0 Å². The molecule has 18 heavy (non-hydrogen) atoms. The van der Waals surface area contributed by atoms with E-state index in [1.807, 2.05) is 36.4 Å². The summed E-state index contributed by atoms with van der Waals surface area (Å²) in [4.78, 5) is 0. The summed E-state index contributed by atoms with van der Waals surface area (Å²) < 4.78 is 0. The van der Waals surface area contributed by atoms with Crippen molar-refractivity contribution in [3.8, 4) is 0 Å². The molecular weight excluding hydrogens is 222 g/mol. The first-order valence-corrected chi connectivity index (χ1v) is 6.28. The minimum absolute atomic E-state index is 0.127. The average Bonchev–Trinajstić information content (AvgIpc) is 2.41. The molecule has 0 saturated carbocycles. The van der Waals surface area contributed by atoms with Crippen LogP contribution in [-0.2, 0) is 0 Å². The highest BCUT2D eigenvalue weighted by atomic mass is 16.3. The summed E-state index contributed by atoms with van der Waals surface area (Å²) in [6.45, 7) is 2.37. The Balaban J connectivity index is 2.24. The van der Waals surface area contributed by atoms with E-state index in [0.29, 0.717) is 6.54 Å². The first-order chi connectivity index (χ1) is 8.77. The minimum Gasteiger partial charge on any atom is -0.392 e. The molecule has 0 bridgehead atoms. The van der Waals surface area contributed by atoms with E-state index in [2.05, 4.69) is 29.6 Å². The highest BCUT2D eigenvalue weighted by molar-refractivity contribution is 5.31. The highest BCUT2D eigenvalue weighted by Gasteiger charge is 2.13. The van der Waals surface area contributed by atoms with Crippen molar-refractivity contribution < 1.29 is 5.11 Å². The van der Waals surface area contributed by atoms with Crippen molar-refractivity contribution >= 4 is 0 Å². The van der Waals surface area contributed by atoms with E-state index in [0.717, 1.165) is 0 Å². The molecule has 1 unspecified atom stereocenters. The van der Waals surface area contributed by atoms with E-state index < -0.39 is 0 Å². The predicted molar refractivity (Wildman–Crippen MR) is 74.4 cm³/mol. The van der Waals surface area contributed by atoms with Gasteiger partial charge < -0.3 is 10.4 Å². The zero-order chi connectivity index (χ0) is 12.8. The Labute approximate surface area is 108 Å². The largest absolute Gasteiger partial charge is 0.392 e. The third-order valence-electron chi connectivity index (χ3n) is 2.88. The molecule has 0 aromatic heterocycles. The van der Waals surface area contributed by atoms with Gasteiger partial charge in [0.25, 0.3) is 0 Å². The van der Waals surface area contributed by atoms with E-state index in [4.69, 9.17) is 0 Å². The molecule has 0 radical (unpaired) electrons. The molecule has 0 amide bonds. The maximum atomic E-state index is 9.43. The van der Waals surface area contributed by atoms with Crippen molar-refractivity contribution in [2.75, 3.05) is 6.54 Å². The molecule has 2 rings (SSSR count). The van der Waals surface area contributed by atoms with Crippen molar-refractivity contribution in [1.29, 1.82) is 0 Å². The van der Waals surface area contributed by atoms with Crippen molar-refractivity contribution in [3.05, 3.63) is 71.8 Å². The SMILES string of the molecule is CC(O)CNC(c1ccccc1)c1ccccc1. The molecule has 0 aliphatic carbocycles. The number of benzene rings is 2. The Kier molecular flexibility index (Phi) is 4.51. The first kappa shape index (κ1) is 12.8. The van der Waals surface area contributed by atoms with Gasteiger partial charge in [0, 0.05) is 6.54 Å². The van der Waals surface area contributed by atoms with E-state index in [-0.39, 0.29) is 12.1 Å². The van der Waals surface area contributed by atoms with E-state index in [9.17, 15) is 5.11 Å². The molecule has 2 nitrogen and oxygen atoms in total. The van der Waals surface area contributed by atoms with Crippen LogP contribution in [0, 0.1) is 0 Å². The van der Waals surface area contributed by atoms with E-state index in [1.54, 1.807) is 6.92 Å². The fourth-order valence-corrected chi connectivity index (χ4v) is 2.01. The second-order valence-corrected chi connectivity index (χ2v) is 4.51. The lowest BCUT2D eigenvalue weighted by Gasteiger charge is -2.20.